The van der Waals surface area contributed by atoms with Gasteiger partial charge in [0.2, 0.25) is 0 Å². The van der Waals surface area contributed by atoms with Crippen LogP contribution >= 0.6 is 0 Å². The van der Waals surface area contributed by atoms with E-state index in [1.165, 1.54) is 13.3 Å². The fourth-order valence-corrected chi connectivity index (χ4v) is 1.30. The molecule has 1 heterocycles. The molecule has 5 nitrogen and oxygen atoms in total. The molecule has 0 fully saturated rings. The number of ether oxygens (including phenoxy) is 1. The third kappa shape index (κ3) is 3.07. The Labute approximate surface area is 98.5 Å². The lowest BCUT2D eigenvalue weighted by atomic mass is 10.1. The van der Waals surface area contributed by atoms with Gasteiger partial charge in [-0.2, -0.15) is 5.10 Å². The largest absolute Gasteiger partial charge is 0.486 e. The van der Waals surface area contributed by atoms with E-state index in [4.69, 9.17) is 4.74 Å². The molecule has 0 saturated heterocycles. The zero-order chi connectivity index (χ0) is 12.1. The normalized spacial score (nSPS) is 9.94. The van der Waals surface area contributed by atoms with E-state index in [0.717, 1.165) is 11.3 Å². The van der Waals surface area contributed by atoms with Gasteiger partial charge in [-0.25, -0.2) is 4.98 Å². The predicted octanol–water partition coefficient (Wildman–Crippen LogP) is 1.51. The van der Waals surface area contributed by atoms with Crippen LogP contribution < -0.4 is 4.74 Å². The number of benzene rings is 1. The number of hydrogen-bond acceptors (Lipinski definition) is 5. The van der Waals surface area contributed by atoms with E-state index < -0.39 is 0 Å². The van der Waals surface area contributed by atoms with Crippen LogP contribution in [0.2, 0.25) is 0 Å². The average Bonchev–Trinajstić information content (AvgIpc) is 2.38. The van der Waals surface area contributed by atoms with Crippen molar-refractivity contribution in [3.05, 3.63) is 36.8 Å². The van der Waals surface area contributed by atoms with Gasteiger partial charge >= 0.3 is 0 Å². The highest BCUT2D eigenvalue weighted by Gasteiger charge is 2.00. The summed E-state index contributed by atoms with van der Waals surface area (Å²) in [5, 5.41) is 7.37. The van der Waals surface area contributed by atoms with E-state index in [2.05, 4.69) is 15.2 Å². The van der Waals surface area contributed by atoms with Crippen molar-refractivity contribution in [1.29, 1.82) is 0 Å². The molecule has 0 N–H and O–H groups in total. The van der Waals surface area contributed by atoms with Crippen molar-refractivity contribution >= 4 is 5.78 Å². The summed E-state index contributed by atoms with van der Waals surface area (Å²) in [6.07, 6.45) is 2.99. The second-order valence-electron chi connectivity index (χ2n) is 3.50. The summed E-state index contributed by atoms with van der Waals surface area (Å²) in [4.78, 5) is 14.8. The Balaban J connectivity index is 2.11. The third-order valence-electron chi connectivity index (χ3n) is 2.09. The summed E-state index contributed by atoms with van der Waals surface area (Å²) in [7, 11) is 0. The first kappa shape index (κ1) is 11.2. The van der Waals surface area contributed by atoms with Gasteiger partial charge in [0, 0.05) is 5.56 Å². The van der Waals surface area contributed by atoms with Gasteiger partial charge in [0.25, 0.3) is 0 Å². The highest BCUT2D eigenvalue weighted by molar-refractivity contribution is 5.77. The molecule has 5 heteroatoms. The fourth-order valence-electron chi connectivity index (χ4n) is 1.30. The minimum Gasteiger partial charge on any atom is -0.486 e. The fraction of sp³-hybridized carbons (Fsp3) is 0.167. The third-order valence-corrected chi connectivity index (χ3v) is 2.09. The standard InChI is InChI=1S/C12H11N3O2/c1-9(16)7-17-11-4-2-10(3-5-11)12-6-14-15-8-13-12/h2-6,8H,7H2,1H3. The maximum atomic E-state index is 10.8. The number of rotatable bonds is 4. The summed E-state index contributed by atoms with van der Waals surface area (Å²) < 4.78 is 5.26. The number of hydrogen-bond donors (Lipinski definition) is 0. The summed E-state index contributed by atoms with van der Waals surface area (Å²) in [6.45, 7) is 1.58. The van der Waals surface area contributed by atoms with Crippen LogP contribution in [0.15, 0.2) is 36.8 Å². The van der Waals surface area contributed by atoms with Crippen LogP contribution in [-0.4, -0.2) is 27.6 Å². The van der Waals surface area contributed by atoms with Crippen LogP contribution in [0.5, 0.6) is 5.75 Å². The molecule has 0 bridgehead atoms. The molecule has 0 radical (unpaired) electrons. The second kappa shape index (κ2) is 5.16. The molecule has 17 heavy (non-hydrogen) atoms. The number of carbonyl (C=O) groups is 1. The van der Waals surface area contributed by atoms with Crippen LogP contribution in [-0.2, 0) is 4.79 Å². The molecular formula is C12H11N3O2. The first-order valence-corrected chi connectivity index (χ1v) is 5.11. The van der Waals surface area contributed by atoms with Gasteiger partial charge in [-0.15, -0.1) is 5.10 Å². The van der Waals surface area contributed by atoms with E-state index in [9.17, 15) is 4.79 Å². The predicted molar refractivity (Wildman–Crippen MR) is 61.4 cm³/mol. The molecule has 0 saturated carbocycles. The van der Waals surface area contributed by atoms with Crippen LogP contribution in [0.3, 0.4) is 0 Å². The van der Waals surface area contributed by atoms with Crippen LogP contribution in [0.4, 0.5) is 0 Å². The Morgan fingerprint density at radius 2 is 2.00 bits per heavy atom. The minimum absolute atomic E-state index is 0.00548. The number of Topliss-reactive ketones (excluding diaryl/α,β-unsaturated/α-hetero) is 1. The van der Waals surface area contributed by atoms with Crippen LogP contribution in [0.25, 0.3) is 11.3 Å². The van der Waals surface area contributed by atoms with Gasteiger partial charge in [-0.1, -0.05) is 0 Å². The van der Waals surface area contributed by atoms with Crippen molar-refractivity contribution in [2.45, 2.75) is 6.92 Å². The molecule has 2 aromatic rings. The van der Waals surface area contributed by atoms with Crippen molar-refractivity contribution in [3.63, 3.8) is 0 Å². The van der Waals surface area contributed by atoms with Gasteiger partial charge in [-0.3, -0.25) is 4.79 Å². The van der Waals surface area contributed by atoms with E-state index >= 15 is 0 Å². The van der Waals surface area contributed by atoms with E-state index in [1.54, 1.807) is 18.3 Å². The van der Waals surface area contributed by atoms with Gasteiger partial charge in [-0.05, 0) is 31.2 Å². The topological polar surface area (TPSA) is 65.0 Å². The molecule has 0 aliphatic heterocycles. The summed E-state index contributed by atoms with van der Waals surface area (Å²) in [5.41, 5.74) is 1.67. The Morgan fingerprint density at radius 3 is 2.59 bits per heavy atom. The maximum absolute atomic E-state index is 10.8. The van der Waals surface area contributed by atoms with Gasteiger partial charge in [0.15, 0.2) is 5.78 Å². The lowest BCUT2D eigenvalue weighted by Crippen LogP contribution is -2.06. The Hall–Kier alpha value is -2.30. The quantitative estimate of drug-likeness (QED) is 0.795. The Kier molecular flexibility index (Phi) is 3.40. The average molecular weight is 229 g/mol. The van der Waals surface area contributed by atoms with Crippen molar-refractivity contribution in [3.8, 4) is 17.0 Å². The minimum atomic E-state index is -0.00548. The second-order valence-corrected chi connectivity index (χ2v) is 3.50. The monoisotopic (exact) mass is 229 g/mol. The SMILES string of the molecule is CC(=O)COc1ccc(-c2cnncn2)cc1. The summed E-state index contributed by atoms with van der Waals surface area (Å²) in [6, 6.07) is 7.31. The van der Waals surface area contributed by atoms with E-state index in [1.807, 2.05) is 12.1 Å². The number of carbonyl (C=O) groups excluding carboxylic acids is 1. The first-order chi connectivity index (χ1) is 8.25. The highest BCUT2D eigenvalue weighted by atomic mass is 16.5. The Bertz CT molecular complexity index is 497. The maximum Gasteiger partial charge on any atom is 0.167 e. The number of aromatic nitrogens is 3. The first-order valence-electron chi connectivity index (χ1n) is 5.11. The van der Waals surface area contributed by atoms with Gasteiger partial charge in [0.1, 0.15) is 18.7 Å². The zero-order valence-corrected chi connectivity index (χ0v) is 9.33. The molecule has 0 aliphatic carbocycles. The highest BCUT2D eigenvalue weighted by Crippen LogP contribution is 2.19. The van der Waals surface area contributed by atoms with Crippen molar-refractivity contribution in [2.24, 2.45) is 0 Å². The van der Waals surface area contributed by atoms with Crippen molar-refractivity contribution in [2.75, 3.05) is 6.61 Å². The van der Waals surface area contributed by atoms with Crippen molar-refractivity contribution < 1.29 is 9.53 Å². The van der Waals surface area contributed by atoms with Crippen LogP contribution in [0, 0.1) is 0 Å². The molecule has 0 aliphatic rings. The molecule has 2 rings (SSSR count). The summed E-state index contributed by atoms with van der Waals surface area (Å²) in [5.74, 6) is 0.653. The molecule has 0 amide bonds. The molecular weight excluding hydrogens is 218 g/mol. The lowest BCUT2D eigenvalue weighted by Gasteiger charge is -2.04. The van der Waals surface area contributed by atoms with Gasteiger partial charge < -0.3 is 4.74 Å². The van der Waals surface area contributed by atoms with Crippen LogP contribution in [0.1, 0.15) is 6.92 Å². The number of nitrogens with zero attached hydrogens (tertiary/aromatic N) is 3. The lowest BCUT2D eigenvalue weighted by molar-refractivity contribution is -0.118. The summed E-state index contributed by atoms with van der Waals surface area (Å²) >= 11 is 0. The van der Waals surface area contributed by atoms with E-state index in [0.29, 0.717) is 5.75 Å². The Morgan fingerprint density at radius 1 is 1.24 bits per heavy atom. The zero-order valence-electron chi connectivity index (χ0n) is 9.33. The van der Waals surface area contributed by atoms with E-state index in [-0.39, 0.29) is 12.4 Å². The smallest absolute Gasteiger partial charge is 0.167 e. The van der Waals surface area contributed by atoms with Gasteiger partial charge in [0.05, 0.1) is 11.9 Å². The molecule has 0 atom stereocenters. The molecule has 86 valence electrons. The molecule has 1 aromatic carbocycles. The molecule has 0 spiro atoms. The molecule has 0 unspecified atom stereocenters. The molecule has 1 aromatic heterocycles. The van der Waals surface area contributed by atoms with Crippen molar-refractivity contribution in [1.82, 2.24) is 15.2 Å². The number of ketones is 1.